The van der Waals surface area contributed by atoms with Gasteiger partial charge in [-0.3, -0.25) is 4.79 Å². The van der Waals surface area contributed by atoms with Crippen LogP contribution < -0.4 is 4.74 Å². The maximum absolute atomic E-state index is 12.2. The first-order valence-corrected chi connectivity index (χ1v) is 7.90. The van der Waals surface area contributed by atoms with Gasteiger partial charge in [0.15, 0.2) is 6.61 Å². The van der Waals surface area contributed by atoms with Gasteiger partial charge in [-0.25, -0.2) is 0 Å². The third-order valence-corrected chi connectivity index (χ3v) is 3.72. The molecule has 0 N–H and O–H groups in total. The second-order valence-electron chi connectivity index (χ2n) is 5.74. The highest BCUT2D eigenvalue weighted by Crippen LogP contribution is 2.22. The van der Waals surface area contributed by atoms with Crippen LogP contribution >= 0.6 is 0 Å². The predicted molar refractivity (Wildman–Crippen MR) is 89.5 cm³/mol. The summed E-state index contributed by atoms with van der Waals surface area (Å²) in [6.07, 6.45) is -4.66. The summed E-state index contributed by atoms with van der Waals surface area (Å²) >= 11 is 0. The summed E-state index contributed by atoms with van der Waals surface area (Å²) in [5, 5.41) is 0. The minimum atomic E-state index is -4.28. The lowest BCUT2D eigenvalue weighted by Gasteiger charge is -2.19. The second-order valence-corrected chi connectivity index (χ2v) is 5.74. The Morgan fingerprint density at radius 2 is 1.68 bits per heavy atom. The molecular weight excluding hydrogens is 331 g/mol. The highest BCUT2D eigenvalue weighted by Gasteiger charge is 2.28. The van der Waals surface area contributed by atoms with Crippen LogP contribution in [0.1, 0.15) is 17.5 Å². The molecular formula is C19H20F3NO2. The molecule has 2 aromatic rings. The van der Waals surface area contributed by atoms with Crippen molar-refractivity contribution in [1.29, 1.82) is 0 Å². The number of alkyl halides is 3. The molecule has 0 aliphatic heterocycles. The number of ether oxygens (including phenoxy) is 1. The normalized spacial score (nSPS) is 11.2. The summed E-state index contributed by atoms with van der Waals surface area (Å²) in [5.41, 5.74) is 2.02. The number of para-hydroxylation sites is 1. The summed E-state index contributed by atoms with van der Waals surface area (Å²) in [7, 11) is 1.34. The van der Waals surface area contributed by atoms with E-state index in [1.54, 1.807) is 12.1 Å². The first-order chi connectivity index (χ1) is 11.8. The molecule has 1 amide bonds. The predicted octanol–water partition coefficient (Wildman–Crippen LogP) is 4.07. The molecule has 0 aliphatic carbocycles. The molecule has 0 bridgehead atoms. The van der Waals surface area contributed by atoms with Crippen molar-refractivity contribution in [2.24, 2.45) is 0 Å². The zero-order valence-electron chi connectivity index (χ0n) is 13.9. The van der Waals surface area contributed by atoms with Crippen LogP contribution in [-0.2, 0) is 11.2 Å². The molecule has 3 nitrogen and oxygen atoms in total. The fourth-order valence-corrected chi connectivity index (χ4v) is 2.28. The summed E-state index contributed by atoms with van der Waals surface area (Å²) in [5.74, 6) is 0.0719. The summed E-state index contributed by atoms with van der Waals surface area (Å²) < 4.78 is 42.2. The van der Waals surface area contributed by atoms with Gasteiger partial charge in [0.2, 0.25) is 0 Å². The lowest BCUT2D eigenvalue weighted by atomic mass is 10.0. The lowest BCUT2D eigenvalue weighted by Crippen LogP contribution is -2.34. The number of hydrogen-bond donors (Lipinski definition) is 0. The fraction of sp³-hybridized carbons (Fsp3) is 0.316. The Morgan fingerprint density at radius 1 is 1.04 bits per heavy atom. The van der Waals surface area contributed by atoms with Gasteiger partial charge in [-0.1, -0.05) is 48.5 Å². The van der Waals surface area contributed by atoms with Crippen molar-refractivity contribution in [3.05, 3.63) is 65.7 Å². The molecule has 0 saturated heterocycles. The van der Waals surface area contributed by atoms with Gasteiger partial charge in [-0.2, -0.15) is 13.2 Å². The molecule has 0 aromatic heterocycles. The van der Waals surface area contributed by atoms with Crippen molar-refractivity contribution in [2.45, 2.75) is 19.0 Å². The molecule has 0 fully saturated rings. The number of amides is 1. The van der Waals surface area contributed by atoms with Crippen LogP contribution in [0.3, 0.4) is 0 Å². The van der Waals surface area contributed by atoms with Crippen molar-refractivity contribution < 1.29 is 22.7 Å². The molecule has 0 saturated carbocycles. The molecule has 0 radical (unpaired) electrons. The van der Waals surface area contributed by atoms with Gasteiger partial charge in [-0.15, -0.1) is 0 Å². The first kappa shape index (κ1) is 18.8. The largest absolute Gasteiger partial charge is 0.483 e. The third kappa shape index (κ3) is 6.49. The van der Waals surface area contributed by atoms with Gasteiger partial charge in [-0.05, 0) is 17.2 Å². The van der Waals surface area contributed by atoms with E-state index in [1.165, 1.54) is 7.05 Å². The van der Waals surface area contributed by atoms with E-state index >= 15 is 0 Å². The molecule has 0 aliphatic rings. The zero-order valence-corrected chi connectivity index (χ0v) is 13.9. The Labute approximate surface area is 145 Å². The Balaban J connectivity index is 1.93. The maximum atomic E-state index is 12.2. The molecule has 6 heteroatoms. The SMILES string of the molecule is CN(CCC(F)(F)F)C(=O)COc1ccccc1Cc1ccccc1. The van der Waals surface area contributed by atoms with Crippen molar-refractivity contribution in [1.82, 2.24) is 4.90 Å². The highest BCUT2D eigenvalue weighted by molar-refractivity contribution is 5.77. The monoisotopic (exact) mass is 351 g/mol. The van der Waals surface area contributed by atoms with Gasteiger partial charge >= 0.3 is 6.18 Å². The topological polar surface area (TPSA) is 29.5 Å². The van der Waals surface area contributed by atoms with E-state index in [4.69, 9.17) is 4.74 Å². The van der Waals surface area contributed by atoms with Crippen LogP contribution in [0.2, 0.25) is 0 Å². The van der Waals surface area contributed by atoms with Crippen LogP contribution in [0, 0.1) is 0 Å². The summed E-state index contributed by atoms with van der Waals surface area (Å²) in [6, 6.07) is 17.1. The van der Waals surface area contributed by atoms with Crippen molar-refractivity contribution in [3.63, 3.8) is 0 Å². The minimum absolute atomic E-state index is 0.292. The number of hydrogen-bond acceptors (Lipinski definition) is 2. The summed E-state index contributed by atoms with van der Waals surface area (Å²) in [6.45, 7) is -0.669. The Hall–Kier alpha value is -2.50. The Bertz CT molecular complexity index is 687. The van der Waals surface area contributed by atoms with E-state index in [0.717, 1.165) is 16.0 Å². The molecule has 0 spiro atoms. The van der Waals surface area contributed by atoms with E-state index < -0.39 is 18.5 Å². The van der Waals surface area contributed by atoms with Crippen molar-refractivity contribution >= 4 is 5.91 Å². The molecule has 0 heterocycles. The fourth-order valence-electron chi connectivity index (χ4n) is 2.28. The standard InChI is InChI=1S/C19H20F3NO2/c1-23(12-11-19(20,21)22)18(24)14-25-17-10-6-5-9-16(17)13-15-7-3-2-4-8-15/h2-10H,11-14H2,1H3. The molecule has 2 aromatic carbocycles. The number of benzene rings is 2. The van der Waals surface area contributed by atoms with Crippen LogP contribution in [0.4, 0.5) is 13.2 Å². The Morgan fingerprint density at radius 3 is 2.36 bits per heavy atom. The summed E-state index contributed by atoms with van der Waals surface area (Å²) in [4.78, 5) is 13.0. The van der Waals surface area contributed by atoms with E-state index in [1.807, 2.05) is 42.5 Å². The number of nitrogens with zero attached hydrogens (tertiary/aromatic N) is 1. The van der Waals surface area contributed by atoms with E-state index in [2.05, 4.69) is 0 Å². The number of halogens is 3. The number of rotatable bonds is 7. The van der Waals surface area contributed by atoms with Crippen LogP contribution in [0.5, 0.6) is 5.75 Å². The van der Waals surface area contributed by atoms with Gasteiger partial charge in [0.05, 0.1) is 6.42 Å². The minimum Gasteiger partial charge on any atom is -0.483 e. The average Bonchev–Trinajstić information content (AvgIpc) is 2.59. The lowest BCUT2D eigenvalue weighted by molar-refractivity contribution is -0.145. The van der Waals surface area contributed by atoms with Crippen LogP contribution in [0.25, 0.3) is 0 Å². The quantitative estimate of drug-likeness (QED) is 0.753. The molecule has 0 atom stereocenters. The number of carbonyl (C=O) groups excluding carboxylic acids is 1. The second kappa shape index (κ2) is 8.55. The van der Waals surface area contributed by atoms with E-state index in [9.17, 15) is 18.0 Å². The first-order valence-electron chi connectivity index (χ1n) is 7.90. The van der Waals surface area contributed by atoms with Crippen LogP contribution in [0.15, 0.2) is 54.6 Å². The highest BCUT2D eigenvalue weighted by atomic mass is 19.4. The van der Waals surface area contributed by atoms with Gasteiger partial charge < -0.3 is 9.64 Å². The average molecular weight is 351 g/mol. The zero-order chi connectivity index (χ0) is 18.3. The molecule has 0 unspecified atom stereocenters. The number of likely N-dealkylation sites (N-methyl/N-ethyl adjacent to an activating group) is 1. The third-order valence-electron chi connectivity index (χ3n) is 3.72. The van der Waals surface area contributed by atoms with E-state index in [-0.39, 0.29) is 13.2 Å². The van der Waals surface area contributed by atoms with Crippen molar-refractivity contribution in [3.8, 4) is 5.75 Å². The molecule has 134 valence electrons. The van der Waals surface area contributed by atoms with Gasteiger partial charge in [0.1, 0.15) is 5.75 Å². The molecule has 2 rings (SSSR count). The smallest absolute Gasteiger partial charge is 0.390 e. The maximum Gasteiger partial charge on any atom is 0.390 e. The van der Waals surface area contributed by atoms with Gasteiger partial charge in [0, 0.05) is 20.0 Å². The van der Waals surface area contributed by atoms with Gasteiger partial charge in [0.25, 0.3) is 5.91 Å². The Kier molecular flexibility index (Phi) is 6.44. The molecule has 25 heavy (non-hydrogen) atoms. The van der Waals surface area contributed by atoms with Crippen LogP contribution in [-0.4, -0.2) is 37.2 Å². The van der Waals surface area contributed by atoms with Crippen molar-refractivity contribution in [2.75, 3.05) is 20.2 Å². The number of carbonyl (C=O) groups is 1. The van der Waals surface area contributed by atoms with E-state index in [0.29, 0.717) is 12.2 Å².